The van der Waals surface area contributed by atoms with E-state index in [2.05, 4.69) is 10.3 Å². The molecule has 4 nitrogen and oxygen atoms in total. The first-order valence-electron chi connectivity index (χ1n) is 3.41. The van der Waals surface area contributed by atoms with Gasteiger partial charge in [0.2, 0.25) is 0 Å². The lowest BCUT2D eigenvalue weighted by Crippen LogP contribution is -2.22. The summed E-state index contributed by atoms with van der Waals surface area (Å²) in [5.74, 6) is -0.308. The van der Waals surface area contributed by atoms with Crippen LogP contribution in [-0.2, 0) is 4.84 Å². The van der Waals surface area contributed by atoms with Crippen LogP contribution in [0.5, 0.6) is 0 Å². The number of furan rings is 1. The molecule has 5 heteroatoms. The van der Waals surface area contributed by atoms with Crippen molar-refractivity contribution in [1.82, 2.24) is 5.48 Å². The zero-order valence-corrected chi connectivity index (χ0v) is 7.22. The molecule has 1 aromatic rings. The summed E-state index contributed by atoms with van der Waals surface area (Å²) >= 11 is 5.45. The van der Waals surface area contributed by atoms with Crippen molar-refractivity contribution < 1.29 is 14.0 Å². The Hall–Kier alpha value is -1.00. The highest BCUT2D eigenvalue weighted by atomic mass is 35.5. The summed E-state index contributed by atoms with van der Waals surface area (Å²) in [4.78, 5) is 15.7. The average Bonchev–Trinajstić information content (AvgIpc) is 2.47. The largest absolute Gasteiger partial charge is 0.439 e. The molecule has 0 saturated carbocycles. The summed E-state index contributed by atoms with van der Waals surface area (Å²) in [7, 11) is 0. The van der Waals surface area contributed by atoms with Gasteiger partial charge in [-0.1, -0.05) is 0 Å². The van der Waals surface area contributed by atoms with Gasteiger partial charge in [-0.15, -0.1) is 0 Å². The second-order valence-corrected chi connectivity index (χ2v) is 2.34. The molecule has 0 aliphatic heterocycles. The van der Waals surface area contributed by atoms with Gasteiger partial charge in [0.15, 0.2) is 11.0 Å². The standard InChI is InChI=1S/C7H8ClNO3/c1-2-11-9-7(10)5-3-4-6(8)12-5/h3-4H,2H2,1H3,(H,9,10). The van der Waals surface area contributed by atoms with Crippen LogP contribution in [0.3, 0.4) is 0 Å². The molecular weight excluding hydrogens is 182 g/mol. The summed E-state index contributed by atoms with van der Waals surface area (Å²) in [6.45, 7) is 2.16. The molecule has 0 radical (unpaired) electrons. The Morgan fingerprint density at radius 2 is 2.50 bits per heavy atom. The number of hydrogen-bond donors (Lipinski definition) is 1. The Morgan fingerprint density at radius 3 is 3.00 bits per heavy atom. The van der Waals surface area contributed by atoms with E-state index in [1.807, 2.05) is 0 Å². The number of halogens is 1. The predicted molar refractivity (Wildman–Crippen MR) is 42.8 cm³/mol. The fourth-order valence-corrected chi connectivity index (χ4v) is 0.770. The average molecular weight is 190 g/mol. The number of amides is 1. The Bertz CT molecular complexity index is 271. The molecule has 66 valence electrons. The molecule has 1 N–H and O–H groups in total. The lowest BCUT2D eigenvalue weighted by molar-refractivity contribution is 0.0340. The number of carbonyl (C=O) groups excluding carboxylic acids is 1. The zero-order valence-electron chi connectivity index (χ0n) is 6.46. The molecule has 0 bridgehead atoms. The highest BCUT2D eigenvalue weighted by Gasteiger charge is 2.09. The number of nitrogens with one attached hydrogen (secondary N) is 1. The molecule has 0 spiro atoms. The first kappa shape index (κ1) is 9.09. The van der Waals surface area contributed by atoms with Crippen LogP contribution in [-0.4, -0.2) is 12.5 Å². The molecule has 0 aliphatic carbocycles. The van der Waals surface area contributed by atoms with E-state index < -0.39 is 5.91 Å². The first-order valence-corrected chi connectivity index (χ1v) is 3.79. The van der Waals surface area contributed by atoms with Crippen LogP contribution < -0.4 is 5.48 Å². The van der Waals surface area contributed by atoms with Crippen LogP contribution in [0.25, 0.3) is 0 Å². The molecule has 0 fully saturated rings. The van der Waals surface area contributed by atoms with Crippen molar-refractivity contribution in [3.05, 3.63) is 23.1 Å². The number of rotatable bonds is 3. The Morgan fingerprint density at radius 1 is 1.75 bits per heavy atom. The van der Waals surface area contributed by atoms with E-state index in [4.69, 9.17) is 16.0 Å². The minimum absolute atomic E-state index is 0.133. The molecule has 1 rings (SSSR count). The molecule has 0 saturated heterocycles. The van der Waals surface area contributed by atoms with Crippen LogP contribution in [0.2, 0.25) is 5.22 Å². The first-order chi connectivity index (χ1) is 5.74. The molecular formula is C7H8ClNO3. The number of carbonyl (C=O) groups is 1. The maximum Gasteiger partial charge on any atom is 0.310 e. The van der Waals surface area contributed by atoms with Crippen LogP contribution in [0.1, 0.15) is 17.5 Å². The van der Waals surface area contributed by atoms with Gasteiger partial charge in [0.05, 0.1) is 6.61 Å². The molecule has 0 unspecified atom stereocenters. The quantitative estimate of drug-likeness (QED) is 0.735. The van der Waals surface area contributed by atoms with Crippen molar-refractivity contribution in [1.29, 1.82) is 0 Å². The lowest BCUT2D eigenvalue weighted by atomic mass is 10.4. The normalized spacial score (nSPS) is 9.83. The fraction of sp³-hybridized carbons (Fsp3) is 0.286. The van der Waals surface area contributed by atoms with E-state index in [0.717, 1.165) is 0 Å². The highest BCUT2D eigenvalue weighted by Crippen LogP contribution is 2.12. The summed E-state index contributed by atoms with van der Waals surface area (Å²) < 4.78 is 4.82. The van der Waals surface area contributed by atoms with E-state index in [1.54, 1.807) is 6.92 Å². The Kier molecular flexibility index (Phi) is 3.13. The molecule has 12 heavy (non-hydrogen) atoms. The summed E-state index contributed by atoms with van der Waals surface area (Å²) in [5, 5.41) is 0.177. The van der Waals surface area contributed by atoms with E-state index in [9.17, 15) is 4.79 Å². The van der Waals surface area contributed by atoms with Crippen LogP contribution in [0.4, 0.5) is 0 Å². The van der Waals surface area contributed by atoms with Gasteiger partial charge in [-0.25, -0.2) is 5.48 Å². The van der Waals surface area contributed by atoms with Crippen LogP contribution in [0, 0.1) is 0 Å². The molecule has 1 aromatic heterocycles. The SMILES string of the molecule is CCONC(=O)c1ccc(Cl)o1. The maximum atomic E-state index is 11.0. The molecule has 1 heterocycles. The van der Waals surface area contributed by atoms with Gasteiger partial charge in [0.1, 0.15) is 0 Å². The topological polar surface area (TPSA) is 51.5 Å². The molecule has 0 aliphatic rings. The summed E-state index contributed by atoms with van der Waals surface area (Å²) in [5.41, 5.74) is 2.17. The minimum Gasteiger partial charge on any atom is -0.439 e. The van der Waals surface area contributed by atoms with E-state index in [0.29, 0.717) is 6.61 Å². The lowest BCUT2D eigenvalue weighted by Gasteiger charge is -1.99. The van der Waals surface area contributed by atoms with Gasteiger partial charge >= 0.3 is 5.91 Å². The molecule has 0 aromatic carbocycles. The minimum atomic E-state index is -0.441. The molecule has 1 amide bonds. The number of hydrogen-bond acceptors (Lipinski definition) is 3. The van der Waals surface area contributed by atoms with Gasteiger partial charge in [0, 0.05) is 0 Å². The third-order valence-corrected chi connectivity index (χ3v) is 1.31. The number of hydroxylamine groups is 1. The van der Waals surface area contributed by atoms with Gasteiger partial charge < -0.3 is 4.42 Å². The Labute approximate surface area is 74.4 Å². The maximum absolute atomic E-state index is 11.0. The second kappa shape index (κ2) is 4.13. The van der Waals surface area contributed by atoms with Gasteiger partial charge in [0.25, 0.3) is 0 Å². The molecule has 0 atom stereocenters. The third-order valence-electron chi connectivity index (χ3n) is 1.11. The second-order valence-electron chi connectivity index (χ2n) is 1.97. The van der Waals surface area contributed by atoms with Gasteiger partial charge in [-0.2, -0.15) is 0 Å². The smallest absolute Gasteiger partial charge is 0.310 e. The van der Waals surface area contributed by atoms with Crippen molar-refractivity contribution in [2.24, 2.45) is 0 Å². The van der Waals surface area contributed by atoms with Crippen molar-refractivity contribution in [3.8, 4) is 0 Å². The van der Waals surface area contributed by atoms with E-state index in [-0.39, 0.29) is 11.0 Å². The van der Waals surface area contributed by atoms with Crippen molar-refractivity contribution in [2.45, 2.75) is 6.92 Å². The monoisotopic (exact) mass is 189 g/mol. The predicted octanol–water partition coefficient (Wildman–Crippen LogP) is 1.61. The van der Waals surface area contributed by atoms with Crippen LogP contribution >= 0.6 is 11.6 Å². The fourth-order valence-electron chi connectivity index (χ4n) is 0.624. The third kappa shape index (κ3) is 2.25. The van der Waals surface area contributed by atoms with Gasteiger partial charge in [-0.3, -0.25) is 9.63 Å². The Balaban J connectivity index is 2.53. The summed E-state index contributed by atoms with van der Waals surface area (Å²) in [6, 6.07) is 2.96. The van der Waals surface area contributed by atoms with Crippen molar-refractivity contribution >= 4 is 17.5 Å². The highest BCUT2D eigenvalue weighted by molar-refractivity contribution is 6.29. The van der Waals surface area contributed by atoms with Crippen molar-refractivity contribution in [2.75, 3.05) is 6.61 Å². The van der Waals surface area contributed by atoms with E-state index >= 15 is 0 Å². The van der Waals surface area contributed by atoms with Crippen molar-refractivity contribution in [3.63, 3.8) is 0 Å². The zero-order chi connectivity index (χ0) is 8.97. The van der Waals surface area contributed by atoms with E-state index in [1.165, 1.54) is 12.1 Å². The summed E-state index contributed by atoms with van der Waals surface area (Å²) in [6.07, 6.45) is 0. The van der Waals surface area contributed by atoms with Gasteiger partial charge in [-0.05, 0) is 30.7 Å². The van der Waals surface area contributed by atoms with Crippen LogP contribution in [0.15, 0.2) is 16.5 Å².